The Morgan fingerprint density at radius 2 is 2.27 bits per heavy atom. The van der Waals surface area contributed by atoms with Gasteiger partial charge in [-0.2, -0.15) is 0 Å². The van der Waals surface area contributed by atoms with E-state index < -0.39 is 5.60 Å². The number of aryl methyl sites for hydroxylation is 1. The molecule has 1 heterocycles. The number of hydrogen-bond acceptors (Lipinski definition) is 4. The first-order chi connectivity index (χ1) is 7.11. The summed E-state index contributed by atoms with van der Waals surface area (Å²) in [5, 5.41) is 21.2. The fraction of sp³-hybridized carbons (Fsp3) is 0.800. The predicted octanol–water partition coefficient (Wildman–Crippen LogP) is 0.505. The molecule has 0 aliphatic heterocycles. The molecule has 1 rings (SSSR count). The Labute approximate surface area is 90.5 Å². The van der Waals surface area contributed by atoms with Crippen LogP contribution < -0.4 is 5.32 Å². The van der Waals surface area contributed by atoms with E-state index in [1.165, 1.54) is 0 Å². The van der Waals surface area contributed by atoms with Gasteiger partial charge >= 0.3 is 0 Å². The van der Waals surface area contributed by atoms with Gasteiger partial charge in [-0.1, -0.05) is 19.1 Å². The van der Waals surface area contributed by atoms with E-state index in [9.17, 15) is 5.11 Å². The number of aliphatic hydroxyl groups is 1. The molecule has 1 unspecified atom stereocenters. The highest BCUT2D eigenvalue weighted by Crippen LogP contribution is 2.18. The number of hydrogen-bond donors (Lipinski definition) is 2. The molecule has 0 aliphatic carbocycles. The van der Waals surface area contributed by atoms with E-state index in [-0.39, 0.29) is 0 Å². The topological polar surface area (TPSA) is 63.0 Å². The van der Waals surface area contributed by atoms with Crippen molar-refractivity contribution >= 4 is 0 Å². The molecular weight excluding hydrogens is 192 g/mol. The lowest BCUT2D eigenvalue weighted by Crippen LogP contribution is -2.37. The van der Waals surface area contributed by atoms with Crippen molar-refractivity contribution in [1.82, 2.24) is 20.3 Å². The number of nitrogens with zero attached hydrogens (tertiary/aromatic N) is 3. The van der Waals surface area contributed by atoms with Gasteiger partial charge in [-0.05, 0) is 19.9 Å². The highest BCUT2D eigenvalue weighted by atomic mass is 16.3. The third-order valence-electron chi connectivity index (χ3n) is 2.32. The van der Waals surface area contributed by atoms with Crippen LogP contribution in [0.5, 0.6) is 0 Å². The van der Waals surface area contributed by atoms with Crippen molar-refractivity contribution in [2.24, 2.45) is 0 Å². The third-order valence-corrected chi connectivity index (χ3v) is 2.32. The van der Waals surface area contributed by atoms with Gasteiger partial charge in [-0.15, -0.1) is 5.10 Å². The number of nitrogens with one attached hydrogen (secondary N) is 1. The smallest absolute Gasteiger partial charge is 0.117 e. The SMILES string of the molecule is CCCn1nncc1C(C)(O)CNCC. The van der Waals surface area contributed by atoms with Gasteiger partial charge in [0.1, 0.15) is 5.60 Å². The van der Waals surface area contributed by atoms with Gasteiger partial charge in [0.15, 0.2) is 0 Å². The second-order valence-corrected chi connectivity index (χ2v) is 3.90. The Morgan fingerprint density at radius 1 is 1.53 bits per heavy atom. The maximum atomic E-state index is 10.2. The number of likely N-dealkylation sites (N-methyl/N-ethyl adjacent to an activating group) is 1. The van der Waals surface area contributed by atoms with Crippen LogP contribution in [0.25, 0.3) is 0 Å². The summed E-state index contributed by atoms with van der Waals surface area (Å²) in [6.07, 6.45) is 2.61. The van der Waals surface area contributed by atoms with Crippen LogP contribution >= 0.6 is 0 Å². The van der Waals surface area contributed by atoms with E-state index in [0.717, 1.165) is 25.2 Å². The minimum absolute atomic E-state index is 0.514. The molecule has 0 saturated heterocycles. The summed E-state index contributed by atoms with van der Waals surface area (Å²) in [5.41, 5.74) is -0.139. The van der Waals surface area contributed by atoms with E-state index in [0.29, 0.717) is 6.54 Å². The predicted molar refractivity (Wildman–Crippen MR) is 58.4 cm³/mol. The summed E-state index contributed by atoms with van der Waals surface area (Å²) in [6, 6.07) is 0. The first kappa shape index (κ1) is 12.1. The van der Waals surface area contributed by atoms with Crippen LogP contribution in [-0.2, 0) is 12.1 Å². The van der Waals surface area contributed by atoms with Crippen LogP contribution in [0.3, 0.4) is 0 Å². The average Bonchev–Trinajstić information content (AvgIpc) is 2.64. The van der Waals surface area contributed by atoms with E-state index in [2.05, 4.69) is 22.6 Å². The second kappa shape index (κ2) is 5.23. The van der Waals surface area contributed by atoms with Crippen molar-refractivity contribution in [3.8, 4) is 0 Å². The number of rotatable bonds is 6. The van der Waals surface area contributed by atoms with Crippen molar-refractivity contribution in [2.75, 3.05) is 13.1 Å². The van der Waals surface area contributed by atoms with Crippen LogP contribution in [0.1, 0.15) is 32.9 Å². The highest BCUT2D eigenvalue weighted by Gasteiger charge is 2.26. The van der Waals surface area contributed by atoms with Gasteiger partial charge in [0.25, 0.3) is 0 Å². The maximum absolute atomic E-state index is 10.2. The molecule has 1 aromatic rings. The summed E-state index contributed by atoms with van der Waals surface area (Å²) < 4.78 is 1.76. The maximum Gasteiger partial charge on any atom is 0.117 e. The van der Waals surface area contributed by atoms with Crippen LogP contribution in [-0.4, -0.2) is 33.2 Å². The quantitative estimate of drug-likeness (QED) is 0.721. The first-order valence-corrected chi connectivity index (χ1v) is 5.44. The lowest BCUT2D eigenvalue weighted by Gasteiger charge is -2.23. The van der Waals surface area contributed by atoms with E-state index in [4.69, 9.17) is 0 Å². The molecule has 5 nitrogen and oxygen atoms in total. The summed E-state index contributed by atoms with van der Waals surface area (Å²) >= 11 is 0. The summed E-state index contributed by atoms with van der Waals surface area (Å²) in [7, 11) is 0. The minimum Gasteiger partial charge on any atom is -0.382 e. The normalized spacial score (nSPS) is 15.2. The summed E-state index contributed by atoms with van der Waals surface area (Å²) in [6.45, 7) is 8.01. The highest BCUT2D eigenvalue weighted by molar-refractivity contribution is 5.07. The van der Waals surface area contributed by atoms with Crippen LogP contribution in [0.4, 0.5) is 0 Å². The van der Waals surface area contributed by atoms with Gasteiger partial charge in [0, 0.05) is 13.1 Å². The zero-order valence-corrected chi connectivity index (χ0v) is 9.69. The Morgan fingerprint density at radius 3 is 2.87 bits per heavy atom. The van der Waals surface area contributed by atoms with Crippen molar-refractivity contribution < 1.29 is 5.11 Å². The Bertz CT molecular complexity index is 295. The molecule has 0 spiro atoms. The van der Waals surface area contributed by atoms with Crippen molar-refractivity contribution in [1.29, 1.82) is 0 Å². The lowest BCUT2D eigenvalue weighted by molar-refractivity contribution is 0.0479. The Hall–Kier alpha value is -0.940. The molecule has 0 aromatic carbocycles. The molecule has 15 heavy (non-hydrogen) atoms. The minimum atomic E-state index is -0.908. The second-order valence-electron chi connectivity index (χ2n) is 3.90. The van der Waals surface area contributed by atoms with Crippen LogP contribution in [0, 0.1) is 0 Å². The molecule has 0 fully saturated rings. The number of aromatic nitrogens is 3. The van der Waals surface area contributed by atoms with Gasteiger partial charge in [-0.25, -0.2) is 4.68 Å². The third kappa shape index (κ3) is 3.00. The lowest BCUT2D eigenvalue weighted by atomic mass is 10.0. The fourth-order valence-corrected chi connectivity index (χ4v) is 1.51. The Kier molecular flexibility index (Phi) is 4.23. The van der Waals surface area contributed by atoms with E-state index >= 15 is 0 Å². The molecule has 2 N–H and O–H groups in total. The molecule has 0 saturated carbocycles. The standard InChI is InChI=1S/C10H20N4O/c1-4-6-14-9(7-12-13-14)10(3,15)8-11-5-2/h7,11,15H,4-6,8H2,1-3H3. The van der Waals surface area contributed by atoms with Crippen molar-refractivity contribution in [2.45, 2.75) is 39.3 Å². The summed E-state index contributed by atoms with van der Waals surface area (Å²) in [4.78, 5) is 0. The molecule has 0 aliphatic rings. The largest absolute Gasteiger partial charge is 0.382 e. The van der Waals surface area contributed by atoms with Gasteiger partial charge in [0.05, 0.1) is 11.9 Å². The molecule has 5 heteroatoms. The van der Waals surface area contributed by atoms with Crippen molar-refractivity contribution in [3.63, 3.8) is 0 Å². The fourth-order valence-electron chi connectivity index (χ4n) is 1.51. The molecule has 0 radical (unpaired) electrons. The van der Waals surface area contributed by atoms with Crippen molar-refractivity contribution in [3.05, 3.63) is 11.9 Å². The molecule has 1 aromatic heterocycles. The molecular formula is C10H20N4O. The first-order valence-electron chi connectivity index (χ1n) is 5.44. The van der Waals surface area contributed by atoms with E-state index in [1.54, 1.807) is 17.8 Å². The Balaban J connectivity index is 2.78. The molecule has 0 amide bonds. The zero-order chi connectivity index (χ0) is 11.3. The average molecular weight is 212 g/mol. The van der Waals surface area contributed by atoms with Gasteiger partial charge < -0.3 is 10.4 Å². The van der Waals surface area contributed by atoms with Crippen LogP contribution in [0.15, 0.2) is 6.20 Å². The van der Waals surface area contributed by atoms with Gasteiger partial charge in [0.2, 0.25) is 0 Å². The molecule has 0 bridgehead atoms. The molecule has 1 atom stereocenters. The van der Waals surface area contributed by atoms with Gasteiger partial charge in [-0.3, -0.25) is 0 Å². The van der Waals surface area contributed by atoms with Crippen LogP contribution in [0.2, 0.25) is 0 Å². The van der Waals surface area contributed by atoms with E-state index in [1.807, 2.05) is 6.92 Å². The summed E-state index contributed by atoms with van der Waals surface area (Å²) in [5.74, 6) is 0. The monoisotopic (exact) mass is 212 g/mol. The zero-order valence-electron chi connectivity index (χ0n) is 9.69. The molecule has 86 valence electrons.